The first-order chi connectivity index (χ1) is 13.3. The zero-order chi connectivity index (χ0) is 18.9. The van der Waals surface area contributed by atoms with E-state index in [9.17, 15) is 4.79 Å². The molecule has 1 aliphatic rings. The summed E-state index contributed by atoms with van der Waals surface area (Å²) in [6, 6.07) is 13.6. The van der Waals surface area contributed by atoms with E-state index in [1.807, 2.05) is 42.5 Å². The number of hydrogen-bond acceptors (Lipinski definition) is 3. The summed E-state index contributed by atoms with van der Waals surface area (Å²) in [4.78, 5) is 12.6. The van der Waals surface area contributed by atoms with Crippen LogP contribution < -0.4 is 4.74 Å². The fourth-order valence-corrected chi connectivity index (χ4v) is 3.57. The van der Waals surface area contributed by atoms with E-state index in [0.29, 0.717) is 18.6 Å². The number of esters is 1. The fraction of sp³-hybridized carbons (Fsp3) is 0.458. The van der Waals surface area contributed by atoms with Crippen LogP contribution in [0.2, 0.25) is 0 Å². The van der Waals surface area contributed by atoms with Gasteiger partial charge in [0.05, 0.1) is 12.2 Å². The van der Waals surface area contributed by atoms with Gasteiger partial charge in [-0.2, -0.15) is 0 Å². The van der Waals surface area contributed by atoms with Crippen LogP contribution in [-0.2, 0) is 11.2 Å². The van der Waals surface area contributed by atoms with E-state index in [1.165, 1.54) is 38.5 Å². The molecule has 0 atom stereocenters. The molecule has 0 fully saturated rings. The van der Waals surface area contributed by atoms with Gasteiger partial charge in [-0.1, -0.05) is 76.1 Å². The smallest absolute Gasteiger partial charge is 0.338 e. The molecular formula is C24H30NaO3. The monoisotopic (exact) mass is 389 g/mol. The number of benzene rings is 2. The third kappa shape index (κ3) is 6.37. The van der Waals surface area contributed by atoms with Crippen LogP contribution in [0.25, 0.3) is 0 Å². The SMILES string of the molecule is CCCCCCCCCCOC(=O)c1cccc2c1Cc1ccccc1O2.[Na]. The molecule has 1 radical (unpaired) electrons. The van der Waals surface area contributed by atoms with Crippen LogP contribution in [-0.4, -0.2) is 42.1 Å². The molecule has 2 aromatic carbocycles. The molecule has 3 nitrogen and oxygen atoms in total. The molecule has 0 N–H and O–H groups in total. The van der Waals surface area contributed by atoms with Crippen LogP contribution in [0.4, 0.5) is 0 Å². The van der Waals surface area contributed by atoms with Gasteiger partial charge < -0.3 is 9.47 Å². The van der Waals surface area contributed by atoms with Crippen molar-refractivity contribution in [3.8, 4) is 11.5 Å². The van der Waals surface area contributed by atoms with Gasteiger partial charge in [0, 0.05) is 41.5 Å². The zero-order valence-electron chi connectivity index (χ0n) is 17.3. The van der Waals surface area contributed by atoms with Crippen molar-refractivity contribution in [2.75, 3.05) is 6.61 Å². The summed E-state index contributed by atoms with van der Waals surface area (Å²) < 4.78 is 11.5. The number of carbonyl (C=O) groups excluding carboxylic acids is 1. The van der Waals surface area contributed by atoms with E-state index in [0.717, 1.165) is 35.5 Å². The van der Waals surface area contributed by atoms with E-state index in [2.05, 4.69) is 6.92 Å². The molecule has 0 aliphatic carbocycles. The van der Waals surface area contributed by atoms with Gasteiger partial charge in [0.25, 0.3) is 0 Å². The summed E-state index contributed by atoms with van der Waals surface area (Å²) in [6.45, 7) is 2.73. The summed E-state index contributed by atoms with van der Waals surface area (Å²) in [5.74, 6) is 1.39. The predicted octanol–water partition coefficient (Wildman–Crippen LogP) is 6.30. The van der Waals surface area contributed by atoms with Crippen LogP contribution in [0, 0.1) is 0 Å². The molecule has 0 saturated heterocycles. The molecule has 145 valence electrons. The Morgan fingerprint density at radius 2 is 1.57 bits per heavy atom. The van der Waals surface area contributed by atoms with Gasteiger partial charge in [0.2, 0.25) is 0 Å². The Morgan fingerprint density at radius 3 is 2.36 bits per heavy atom. The zero-order valence-corrected chi connectivity index (χ0v) is 19.3. The number of para-hydroxylation sites is 1. The van der Waals surface area contributed by atoms with Crippen LogP contribution in [0.1, 0.15) is 79.8 Å². The Bertz CT molecular complexity index is 757. The normalized spacial score (nSPS) is 11.6. The number of ether oxygens (including phenoxy) is 2. The second-order valence-corrected chi connectivity index (χ2v) is 7.28. The average Bonchev–Trinajstić information content (AvgIpc) is 2.70. The van der Waals surface area contributed by atoms with Crippen molar-refractivity contribution < 1.29 is 14.3 Å². The minimum Gasteiger partial charge on any atom is -0.462 e. The largest absolute Gasteiger partial charge is 0.462 e. The van der Waals surface area contributed by atoms with E-state index in [1.54, 1.807) is 0 Å². The average molecular weight is 389 g/mol. The second-order valence-electron chi connectivity index (χ2n) is 7.28. The maximum absolute atomic E-state index is 12.6. The van der Waals surface area contributed by atoms with Crippen molar-refractivity contribution >= 4 is 35.5 Å². The Labute approximate surface area is 191 Å². The topological polar surface area (TPSA) is 35.5 Å². The van der Waals surface area contributed by atoms with E-state index < -0.39 is 0 Å². The van der Waals surface area contributed by atoms with Gasteiger partial charge in [-0.05, 0) is 30.2 Å². The number of carbonyl (C=O) groups is 1. The van der Waals surface area contributed by atoms with Gasteiger partial charge >= 0.3 is 5.97 Å². The summed E-state index contributed by atoms with van der Waals surface area (Å²) in [6.07, 6.45) is 10.6. The van der Waals surface area contributed by atoms with Crippen molar-refractivity contribution in [1.82, 2.24) is 0 Å². The van der Waals surface area contributed by atoms with Crippen molar-refractivity contribution in [1.29, 1.82) is 0 Å². The van der Waals surface area contributed by atoms with Gasteiger partial charge in [0.1, 0.15) is 11.5 Å². The van der Waals surface area contributed by atoms with Crippen molar-refractivity contribution in [3.63, 3.8) is 0 Å². The molecule has 3 rings (SSSR count). The number of rotatable bonds is 10. The molecule has 0 aromatic heterocycles. The standard InChI is InChI=1S/C24H30O3.Na/c1-2-3-4-5-6-7-8-11-17-26-24(25)20-14-12-16-23-21(20)18-19-13-9-10-15-22(19)27-23;/h9-10,12-16H,2-8,11,17-18H2,1H3;. The van der Waals surface area contributed by atoms with Crippen molar-refractivity contribution in [2.24, 2.45) is 0 Å². The summed E-state index contributed by atoms with van der Waals surface area (Å²) in [5, 5.41) is 0. The molecule has 4 heteroatoms. The molecule has 1 heterocycles. The number of hydrogen-bond donors (Lipinski definition) is 0. The Kier molecular flexibility index (Phi) is 10.1. The van der Waals surface area contributed by atoms with Crippen LogP contribution in [0.5, 0.6) is 11.5 Å². The Balaban J connectivity index is 0.00000280. The van der Waals surface area contributed by atoms with Crippen LogP contribution in [0.3, 0.4) is 0 Å². The summed E-state index contributed by atoms with van der Waals surface area (Å²) in [7, 11) is 0. The molecule has 0 unspecified atom stereocenters. The summed E-state index contributed by atoms with van der Waals surface area (Å²) in [5.41, 5.74) is 2.66. The first-order valence-corrected chi connectivity index (χ1v) is 10.3. The van der Waals surface area contributed by atoms with Crippen molar-refractivity contribution in [3.05, 3.63) is 59.2 Å². The van der Waals surface area contributed by atoms with Crippen molar-refractivity contribution in [2.45, 2.75) is 64.7 Å². The van der Waals surface area contributed by atoms with Gasteiger partial charge in [-0.3, -0.25) is 0 Å². The maximum Gasteiger partial charge on any atom is 0.338 e. The third-order valence-electron chi connectivity index (χ3n) is 5.14. The number of unbranched alkanes of at least 4 members (excludes halogenated alkanes) is 7. The van der Waals surface area contributed by atoms with Crippen LogP contribution in [0.15, 0.2) is 42.5 Å². The summed E-state index contributed by atoms with van der Waals surface area (Å²) >= 11 is 0. The maximum atomic E-state index is 12.6. The molecule has 0 bridgehead atoms. The van der Waals surface area contributed by atoms with E-state index in [-0.39, 0.29) is 35.5 Å². The Morgan fingerprint density at radius 1 is 0.893 bits per heavy atom. The molecule has 0 amide bonds. The van der Waals surface area contributed by atoms with Gasteiger partial charge in [0.15, 0.2) is 0 Å². The van der Waals surface area contributed by atoms with Gasteiger partial charge in [-0.25, -0.2) is 4.79 Å². The minimum absolute atomic E-state index is 0. The fourth-order valence-electron chi connectivity index (χ4n) is 3.57. The number of fused-ring (bicyclic) bond motifs is 2. The molecule has 0 spiro atoms. The quantitative estimate of drug-likeness (QED) is 0.232. The molecule has 1 aliphatic heterocycles. The predicted molar refractivity (Wildman–Crippen MR) is 114 cm³/mol. The molecule has 0 saturated carbocycles. The molecule has 28 heavy (non-hydrogen) atoms. The first-order valence-electron chi connectivity index (χ1n) is 10.3. The molecular weight excluding hydrogens is 359 g/mol. The van der Waals surface area contributed by atoms with E-state index >= 15 is 0 Å². The third-order valence-corrected chi connectivity index (χ3v) is 5.14. The molecule has 2 aromatic rings. The first kappa shape index (κ1) is 23.0. The van der Waals surface area contributed by atoms with E-state index in [4.69, 9.17) is 9.47 Å². The second kappa shape index (κ2) is 12.3. The minimum atomic E-state index is -0.238. The van der Waals surface area contributed by atoms with Gasteiger partial charge in [-0.15, -0.1) is 0 Å². The van der Waals surface area contributed by atoms with Crippen LogP contribution >= 0.6 is 0 Å². The Hall–Kier alpha value is -1.29.